The van der Waals surface area contributed by atoms with Crippen LogP contribution in [0.3, 0.4) is 0 Å². The predicted octanol–water partition coefficient (Wildman–Crippen LogP) is 4.34. The lowest BCUT2D eigenvalue weighted by Gasteiger charge is -2.26. The van der Waals surface area contributed by atoms with Gasteiger partial charge in [-0.3, -0.25) is 9.36 Å². The van der Waals surface area contributed by atoms with Gasteiger partial charge in [-0.2, -0.15) is 0 Å². The molecule has 3 aromatic carbocycles. The first-order valence-corrected chi connectivity index (χ1v) is 13.5. The molecule has 0 radical (unpaired) electrons. The highest BCUT2D eigenvalue weighted by atomic mass is 32.1. The van der Waals surface area contributed by atoms with E-state index in [0.29, 0.717) is 33.0 Å². The van der Waals surface area contributed by atoms with E-state index in [0.717, 1.165) is 22.4 Å². The van der Waals surface area contributed by atoms with Crippen molar-refractivity contribution < 1.29 is 19.0 Å². The number of carbonyl (C=O) groups excluding carboxylic acids is 1. The van der Waals surface area contributed by atoms with Gasteiger partial charge in [0, 0.05) is 5.56 Å². The third-order valence-corrected chi connectivity index (χ3v) is 7.26. The van der Waals surface area contributed by atoms with Crippen molar-refractivity contribution in [2.45, 2.75) is 19.9 Å². The van der Waals surface area contributed by atoms with Crippen LogP contribution in [0.15, 0.2) is 94.2 Å². The Bertz CT molecular complexity index is 1700. The quantitative estimate of drug-likeness (QED) is 0.311. The second kappa shape index (κ2) is 11.5. The molecule has 0 bridgehead atoms. The number of thiazole rings is 1. The molecule has 1 aliphatic rings. The highest BCUT2D eigenvalue weighted by molar-refractivity contribution is 7.07. The first kappa shape index (κ1) is 26.2. The van der Waals surface area contributed by atoms with E-state index >= 15 is 0 Å². The summed E-state index contributed by atoms with van der Waals surface area (Å²) in [6, 6.07) is 23.7. The second-order valence-corrected chi connectivity index (χ2v) is 9.72. The van der Waals surface area contributed by atoms with Crippen LogP contribution in [0.5, 0.6) is 11.5 Å². The van der Waals surface area contributed by atoms with E-state index in [4.69, 9.17) is 19.2 Å². The standard InChI is InChI=1S/C31H28N2O5S/c1-4-37-24-13-9-10-20(18-24)19-25-29(34)33-28(22-14-16-23(36-3)17-15-22)26(30(35)38-5-2)27(32-31(33)39-25)21-11-7-6-8-12-21/h6-19,28H,4-5H2,1-3H3/b25-19-/t28-/m1/s1. The van der Waals surface area contributed by atoms with Gasteiger partial charge in [0.2, 0.25) is 0 Å². The highest BCUT2D eigenvalue weighted by Gasteiger charge is 2.35. The van der Waals surface area contributed by atoms with Gasteiger partial charge in [-0.05, 0) is 55.3 Å². The van der Waals surface area contributed by atoms with Crippen molar-refractivity contribution in [1.82, 2.24) is 4.57 Å². The maximum absolute atomic E-state index is 14.0. The zero-order valence-corrected chi connectivity index (χ0v) is 22.7. The number of rotatable bonds is 8. The molecule has 1 aromatic heterocycles. The Morgan fingerprint density at radius 1 is 0.974 bits per heavy atom. The zero-order chi connectivity index (χ0) is 27.4. The number of nitrogens with zero attached hydrogens (tertiary/aromatic N) is 2. The molecule has 4 aromatic rings. The number of methoxy groups -OCH3 is 1. The summed E-state index contributed by atoms with van der Waals surface area (Å²) in [6.07, 6.45) is 1.83. The Morgan fingerprint density at radius 2 is 1.74 bits per heavy atom. The summed E-state index contributed by atoms with van der Waals surface area (Å²) >= 11 is 1.28. The van der Waals surface area contributed by atoms with Crippen molar-refractivity contribution in [2.75, 3.05) is 20.3 Å². The fourth-order valence-corrected chi connectivity index (χ4v) is 5.56. The van der Waals surface area contributed by atoms with E-state index in [9.17, 15) is 9.59 Å². The van der Waals surface area contributed by atoms with E-state index in [2.05, 4.69) is 0 Å². The van der Waals surface area contributed by atoms with E-state index in [1.807, 2.05) is 91.9 Å². The number of ether oxygens (including phenoxy) is 3. The van der Waals surface area contributed by atoms with Gasteiger partial charge in [-0.1, -0.05) is 65.9 Å². The topological polar surface area (TPSA) is 79.1 Å². The molecule has 5 rings (SSSR count). The van der Waals surface area contributed by atoms with Crippen molar-refractivity contribution in [1.29, 1.82) is 0 Å². The molecule has 0 saturated heterocycles. The lowest BCUT2D eigenvalue weighted by atomic mass is 9.93. The summed E-state index contributed by atoms with van der Waals surface area (Å²) in [5, 5.41) is 0. The van der Waals surface area contributed by atoms with Gasteiger partial charge in [-0.15, -0.1) is 0 Å². The fourth-order valence-electron chi connectivity index (χ4n) is 4.55. The lowest BCUT2D eigenvalue weighted by Crippen LogP contribution is -2.40. The van der Waals surface area contributed by atoms with Gasteiger partial charge in [-0.25, -0.2) is 9.79 Å². The van der Waals surface area contributed by atoms with Crippen molar-refractivity contribution in [3.05, 3.63) is 121 Å². The van der Waals surface area contributed by atoms with Gasteiger partial charge in [0.15, 0.2) is 4.80 Å². The molecule has 39 heavy (non-hydrogen) atoms. The van der Waals surface area contributed by atoms with Gasteiger partial charge in [0.05, 0.1) is 42.2 Å². The van der Waals surface area contributed by atoms with Crippen LogP contribution >= 0.6 is 11.3 Å². The van der Waals surface area contributed by atoms with Gasteiger partial charge >= 0.3 is 5.97 Å². The van der Waals surface area contributed by atoms with Crippen LogP contribution in [0.1, 0.15) is 36.6 Å². The van der Waals surface area contributed by atoms with Crippen LogP contribution in [0.4, 0.5) is 0 Å². The average molecular weight is 541 g/mol. The number of carbonyl (C=O) groups is 1. The molecular formula is C31H28N2O5S. The summed E-state index contributed by atoms with van der Waals surface area (Å²) < 4.78 is 18.6. The van der Waals surface area contributed by atoms with Crippen molar-refractivity contribution in [3.63, 3.8) is 0 Å². The summed E-state index contributed by atoms with van der Waals surface area (Å²) in [4.78, 5) is 32.8. The molecule has 198 valence electrons. The molecule has 0 amide bonds. The Hall–Kier alpha value is -4.43. The molecule has 0 fully saturated rings. The minimum Gasteiger partial charge on any atom is -0.497 e. The normalized spacial score (nSPS) is 14.9. The van der Waals surface area contributed by atoms with Crippen LogP contribution in [0, 0.1) is 0 Å². The van der Waals surface area contributed by atoms with E-state index in [1.165, 1.54) is 11.3 Å². The largest absolute Gasteiger partial charge is 0.497 e. The highest BCUT2D eigenvalue weighted by Crippen LogP contribution is 2.35. The maximum atomic E-state index is 14.0. The fraction of sp³-hybridized carbons (Fsp3) is 0.194. The van der Waals surface area contributed by atoms with E-state index in [1.54, 1.807) is 18.6 Å². The first-order valence-electron chi connectivity index (χ1n) is 12.7. The molecule has 0 saturated carbocycles. The summed E-state index contributed by atoms with van der Waals surface area (Å²) in [6.45, 7) is 4.43. The second-order valence-electron chi connectivity index (χ2n) is 8.71. The summed E-state index contributed by atoms with van der Waals surface area (Å²) in [5.74, 6) is 0.885. The van der Waals surface area contributed by atoms with E-state index < -0.39 is 12.0 Å². The lowest BCUT2D eigenvalue weighted by molar-refractivity contribution is -0.138. The van der Waals surface area contributed by atoms with Crippen LogP contribution in [-0.2, 0) is 9.53 Å². The number of hydrogen-bond donors (Lipinski definition) is 0. The molecular weight excluding hydrogens is 512 g/mol. The minimum absolute atomic E-state index is 0.195. The van der Waals surface area contributed by atoms with Crippen LogP contribution in [0.2, 0.25) is 0 Å². The first-order chi connectivity index (χ1) is 19.0. The summed E-state index contributed by atoms with van der Waals surface area (Å²) in [5.41, 5.74) is 2.90. The molecule has 0 aliphatic carbocycles. The van der Waals surface area contributed by atoms with Crippen LogP contribution in [-0.4, -0.2) is 30.9 Å². The number of aromatic nitrogens is 1. The van der Waals surface area contributed by atoms with Gasteiger partial charge < -0.3 is 14.2 Å². The van der Waals surface area contributed by atoms with Crippen molar-refractivity contribution in [2.24, 2.45) is 4.99 Å². The molecule has 0 N–H and O–H groups in total. The number of benzene rings is 3. The Morgan fingerprint density at radius 3 is 2.44 bits per heavy atom. The molecule has 1 aliphatic heterocycles. The minimum atomic E-state index is -0.738. The third kappa shape index (κ3) is 5.28. The average Bonchev–Trinajstić information content (AvgIpc) is 3.27. The Labute approximate surface area is 229 Å². The maximum Gasteiger partial charge on any atom is 0.338 e. The summed E-state index contributed by atoms with van der Waals surface area (Å²) in [7, 11) is 1.59. The van der Waals surface area contributed by atoms with E-state index in [-0.39, 0.29) is 12.2 Å². The molecule has 0 spiro atoms. The molecule has 0 unspecified atom stereocenters. The zero-order valence-electron chi connectivity index (χ0n) is 21.9. The predicted molar refractivity (Wildman–Crippen MR) is 152 cm³/mol. The van der Waals surface area contributed by atoms with Crippen LogP contribution in [0.25, 0.3) is 11.8 Å². The van der Waals surface area contributed by atoms with Crippen molar-refractivity contribution in [3.8, 4) is 11.5 Å². The number of hydrogen-bond acceptors (Lipinski definition) is 7. The molecule has 1 atom stereocenters. The molecule has 7 nitrogen and oxygen atoms in total. The molecule has 8 heteroatoms. The monoisotopic (exact) mass is 540 g/mol. The number of fused-ring (bicyclic) bond motifs is 1. The smallest absolute Gasteiger partial charge is 0.338 e. The Balaban J connectivity index is 1.78. The molecule has 2 heterocycles. The third-order valence-electron chi connectivity index (χ3n) is 6.27. The van der Waals surface area contributed by atoms with Crippen LogP contribution < -0.4 is 24.4 Å². The Kier molecular flexibility index (Phi) is 7.74. The SMILES string of the molecule is CCOC(=O)C1=C(c2ccccc2)N=c2s/c(=C\c3cccc(OCC)c3)c(=O)n2[C@@H]1c1ccc(OC)cc1. The van der Waals surface area contributed by atoms with Gasteiger partial charge in [0.25, 0.3) is 5.56 Å². The van der Waals surface area contributed by atoms with Gasteiger partial charge in [0.1, 0.15) is 11.5 Å². The number of esters is 1. The van der Waals surface area contributed by atoms with Crippen molar-refractivity contribution >= 4 is 29.1 Å².